The Labute approximate surface area is 264 Å². The van der Waals surface area contributed by atoms with E-state index < -0.39 is 12.2 Å². The van der Waals surface area contributed by atoms with Gasteiger partial charge in [0.15, 0.2) is 11.5 Å². The highest BCUT2D eigenvalue weighted by molar-refractivity contribution is 5.42. The van der Waals surface area contributed by atoms with Crippen LogP contribution in [0.15, 0.2) is 60.1 Å². The second-order valence-electron chi connectivity index (χ2n) is 13.7. The number of phenols is 1. The van der Waals surface area contributed by atoms with Gasteiger partial charge in [-0.2, -0.15) is 0 Å². The number of aromatic hydroxyl groups is 1. The number of aryl methyl sites for hydroxylation is 1. The molecule has 1 aromatic carbocycles. The van der Waals surface area contributed by atoms with Crippen molar-refractivity contribution >= 4 is 0 Å². The van der Waals surface area contributed by atoms with Gasteiger partial charge >= 0.3 is 0 Å². The summed E-state index contributed by atoms with van der Waals surface area (Å²) in [4.78, 5) is 3.52. The highest BCUT2D eigenvalue weighted by Gasteiger charge is 2.44. The number of dihydropyridines is 1. The van der Waals surface area contributed by atoms with Gasteiger partial charge in [0.25, 0.3) is 0 Å². The molecule has 2 fully saturated rings. The second kappa shape index (κ2) is 15.4. The van der Waals surface area contributed by atoms with E-state index in [0.29, 0.717) is 43.4 Å². The first kappa shape index (κ1) is 32.5. The van der Waals surface area contributed by atoms with Crippen LogP contribution in [0.5, 0.6) is 11.5 Å². The van der Waals surface area contributed by atoms with Crippen molar-refractivity contribution in [2.45, 2.75) is 114 Å². The van der Waals surface area contributed by atoms with E-state index in [9.17, 15) is 15.3 Å². The van der Waals surface area contributed by atoms with E-state index >= 15 is 0 Å². The van der Waals surface area contributed by atoms with Crippen LogP contribution in [0, 0.1) is 17.8 Å². The number of nitrogens with one attached hydrogen (secondary N) is 2. The Morgan fingerprint density at radius 3 is 2.64 bits per heavy atom. The first-order valence-electron chi connectivity index (χ1n) is 17.2. The zero-order chi connectivity index (χ0) is 30.9. The number of H-pyrrole nitrogens is 1. The molecular formula is C37H55N3O4. The third-order valence-electron chi connectivity index (χ3n) is 10.9. The number of aliphatic hydroxyl groups excluding tert-OH is 2. The third kappa shape index (κ3) is 8.02. The summed E-state index contributed by atoms with van der Waals surface area (Å²) in [6, 6.07) is 9.80. The van der Waals surface area contributed by atoms with Crippen molar-refractivity contribution in [3.63, 3.8) is 0 Å². The molecule has 3 aliphatic rings. The van der Waals surface area contributed by atoms with Crippen LogP contribution in [-0.4, -0.2) is 45.7 Å². The Bertz CT molecular complexity index is 1230. The van der Waals surface area contributed by atoms with Crippen LogP contribution in [0.3, 0.4) is 0 Å². The van der Waals surface area contributed by atoms with Crippen LogP contribution >= 0.6 is 0 Å². The molecule has 0 bridgehead atoms. The molecular weight excluding hydrogens is 550 g/mol. The number of phenolic OH excluding ortho intramolecular Hbond substituents is 1. The lowest BCUT2D eigenvalue weighted by molar-refractivity contribution is 0.0352. The molecule has 2 aromatic rings. The summed E-state index contributed by atoms with van der Waals surface area (Å²) in [6.07, 6.45) is 19.4. The molecule has 0 saturated heterocycles. The minimum atomic E-state index is -0.552. The summed E-state index contributed by atoms with van der Waals surface area (Å²) < 4.78 is 6.27. The lowest BCUT2D eigenvalue weighted by Crippen LogP contribution is -2.37. The van der Waals surface area contributed by atoms with Crippen molar-refractivity contribution in [3.05, 3.63) is 71.3 Å². The van der Waals surface area contributed by atoms with E-state index in [1.165, 1.54) is 49.8 Å². The van der Waals surface area contributed by atoms with Crippen LogP contribution in [0.4, 0.5) is 0 Å². The first-order chi connectivity index (χ1) is 21.4. The number of ether oxygens (including phenoxy) is 1. The van der Waals surface area contributed by atoms with E-state index in [1.54, 1.807) is 6.07 Å². The number of allylic oxidation sites excluding steroid dienone is 2. The average Bonchev–Trinajstić information content (AvgIpc) is 3.68. The molecule has 1 aliphatic heterocycles. The topological polar surface area (TPSA) is 124 Å². The molecule has 2 aliphatic carbocycles. The second-order valence-corrected chi connectivity index (χ2v) is 13.7. The quantitative estimate of drug-likeness (QED) is 0.135. The molecule has 242 valence electrons. The molecule has 7 nitrogen and oxygen atoms in total. The monoisotopic (exact) mass is 605 g/mol. The van der Waals surface area contributed by atoms with Crippen molar-refractivity contribution < 1.29 is 20.1 Å². The van der Waals surface area contributed by atoms with Gasteiger partial charge in [0.1, 0.15) is 0 Å². The first-order valence-corrected chi connectivity index (χ1v) is 17.2. The molecule has 2 heterocycles. The summed E-state index contributed by atoms with van der Waals surface area (Å²) >= 11 is 0. The molecule has 7 heteroatoms. The fourth-order valence-corrected chi connectivity index (χ4v) is 8.27. The molecule has 5 atom stereocenters. The van der Waals surface area contributed by atoms with Gasteiger partial charge in [0.2, 0.25) is 0 Å². The Hall–Kier alpha value is -2.90. The van der Waals surface area contributed by atoms with Gasteiger partial charge in [0.05, 0.1) is 24.6 Å². The number of rotatable bonds is 14. The van der Waals surface area contributed by atoms with Gasteiger partial charge < -0.3 is 36.1 Å². The van der Waals surface area contributed by atoms with E-state index in [1.807, 2.05) is 18.3 Å². The van der Waals surface area contributed by atoms with Gasteiger partial charge in [-0.1, -0.05) is 57.6 Å². The SMILES string of the molecule is CC[C@@H]1CCC[C@@H]([C@H](O)C[C@H](O)CCc2ccc(O)c(OCC[C@H](C3=CCNC(N)=C3)C3(c4ccc[nH]4)CCCC3)c2)CC1. The summed E-state index contributed by atoms with van der Waals surface area (Å²) in [7, 11) is 0. The van der Waals surface area contributed by atoms with Crippen LogP contribution < -0.4 is 15.8 Å². The lowest BCUT2D eigenvalue weighted by Gasteiger charge is -2.39. The average molecular weight is 606 g/mol. The zero-order valence-corrected chi connectivity index (χ0v) is 26.6. The molecule has 7 N–H and O–H groups in total. The predicted octanol–water partition coefficient (Wildman–Crippen LogP) is 6.60. The van der Waals surface area contributed by atoms with Crippen molar-refractivity contribution in [1.82, 2.24) is 10.3 Å². The van der Waals surface area contributed by atoms with E-state index in [-0.39, 0.29) is 17.1 Å². The lowest BCUT2D eigenvalue weighted by atomic mass is 9.66. The standard InChI is InChI=1S/C37H55N3O4/c1-2-26-7-5-8-28(13-10-26)33(43)25-30(41)14-11-27-12-15-32(42)34(23-27)44-22-17-31(29-16-21-40-36(38)24-29)37(18-3-4-19-37)35-9-6-20-39-35/h6,9,12,15-16,20,23-24,26,28,30-31,33,39-43H,2-5,7-8,10-11,13-14,17-19,21-22,25,38H2,1H3/t26-,28-,30-,31-,33-/m1/s1. The summed E-state index contributed by atoms with van der Waals surface area (Å²) in [6.45, 7) is 3.46. The highest BCUT2D eigenvalue weighted by atomic mass is 16.5. The van der Waals surface area contributed by atoms with E-state index in [2.05, 4.69) is 41.5 Å². The zero-order valence-electron chi connectivity index (χ0n) is 26.6. The number of aliphatic hydroxyl groups is 2. The molecule has 44 heavy (non-hydrogen) atoms. The molecule has 5 rings (SSSR count). The fourth-order valence-electron chi connectivity index (χ4n) is 8.27. The fraction of sp³-hybridized carbons (Fsp3) is 0.622. The molecule has 1 aromatic heterocycles. The highest BCUT2D eigenvalue weighted by Crippen LogP contribution is 2.50. The van der Waals surface area contributed by atoms with Crippen LogP contribution in [0.1, 0.15) is 102 Å². The number of hydrogen-bond acceptors (Lipinski definition) is 6. The molecule has 0 radical (unpaired) electrons. The summed E-state index contributed by atoms with van der Waals surface area (Å²) in [5, 5.41) is 35.5. The Balaban J connectivity index is 1.18. The van der Waals surface area contributed by atoms with E-state index in [0.717, 1.165) is 50.1 Å². The Morgan fingerprint density at radius 1 is 1.05 bits per heavy atom. The maximum absolute atomic E-state index is 10.9. The van der Waals surface area contributed by atoms with Crippen molar-refractivity contribution in [2.24, 2.45) is 23.5 Å². The predicted molar refractivity (Wildman–Crippen MR) is 176 cm³/mol. The van der Waals surface area contributed by atoms with Crippen LogP contribution in [-0.2, 0) is 11.8 Å². The van der Waals surface area contributed by atoms with Crippen molar-refractivity contribution in [3.8, 4) is 11.5 Å². The molecule has 0 unspecified atom stereocenters. The van der Waals surface area contributed by atoms with Gasteiger partial charge in [-0.3, -0.25) is 0 Å². The number of nitrogens with two attached hydrogens (primary N) is 1. The van der Waals surface area contributed by atoms with Gasteiger partial charge in [-0.05, 0) is 111 Å². The Kier molecular flexibility index (Phi) is 11.4. The van der Waals surface area contributed by atoms with Crippen molar-refractivity contribution in [1.29, 1.82) is 0 Å². The number of hydrogen-bond donors (Lipinski definition) is 6. The largest absolute Gasteiger partial charge is 0.504 e. The minimum absolute atomic E-state index is 0.00583. The number of benzene rings is 1. The van der Waals surface area contributed by atoms with Crippen LogP contribution in [0.2, 0.25) is 0 Å². The summed E-state index contributed by atoms with van der Waals surface area (Å²) in [5.74, 6) is 2.63. The maximum Gasteiger partial charge on any atom is 0.161 e. The van der Waals surface area contributed by atoms with E-state index in [4.69, 9.17) is 10.5 Å². The maximum atomic E-state index is 10.9. The molecule has 2 saturated carbocycles. The number of aromatic nitrogens is 1. The third-order valence-corrected chi connectivity index (χ3v) is 10.9. The number of aromatic amines is 1. The molecule has 0 spiro atoms. The van der Waals surface area contributed by atoms with Gasteiger partial charge in [0, 0.05) is 23.9 Å². The van der Waals surface area contributed by atoms with Gasteiger partial charge in [-0.15, -0.1) is 0 Å². The van der Waals surface area contributed by atoms with Crippen molar-refractivity contribution in [2.75, 3.05) is 13.2 Å². The van der Waals surface area contributed by atoms with Gasteiger partial charge in [-0.25, -0.2) is 0 Å². The Morgan fingerprint density at radius 2 is 1.89 bits per heavy atom. The normalized spacial score (nSPS) is 24.0. The summed E-state index contributed by atoms with van der Waals surface area (Å²) in [5.41, 5.74) is 9.77. The minimum Gasteiger partial charge on any atom is -0.504 e. The molecule has 0 amide bonds. The smallest absolute Gasteiger partial charge is 0.161 e. The van der Waals surface area contributed by atoms with Crippen LogP contribution in [0.25, 0.3) is 0 Å².